The van der Waals surface area contributed by atoms with E-state index in [9.17, 15) is 0 Å². The Morgan fingerprint density at radius 2 is 2.09 bits per heavy atom. The summed E-state index contributed by atoms with van der Waals surface area (Å²) in [6.07, 6.45) is 0. The molecule has 0 atom stereocenters. The molecule has 0 saturated heterocycles. The van der Waals surface area contributed by atoms with E-state index in [1.165, 1.54) is 0 Å². The lowest BCUT2D eigenvalue weighted by atomic mass is 10.2. The van der Waals surface area contributed by atoms with Gasteiger partial charge in [0.05, 0.1) is 12.1 Å². The Balaban J connectivity index is 3.21. The van der Waals surface area contributed by atoms with Crippen molar-refractivity contribution in [2.45, 2.75) is 11.8 Å². The van der Waals surface area contributed by atoms with Crippen molar-refractivity contribution in [2.24, 2.45) is 0 Å². The zero-order valence-electron chi connectivity index (χ0n) is 6.39. The maximum absolute atomic E-state index is 5.84. The molecule has 1 aromatic rings. The quantitative estimate of drug-likeness (QED) is 0.667. The average Bonchev–Trinajstić information content (AvgIpc) is 1.99. The normalized spacial score (nSPS) is 9.82. The van der Waals surface area contributed by atoms with E-state index in [-0.39, 0.29) is 0 Å². The van der Waals surface area contributed by atoms with Crippen molar-refractivity contribution < 1.29 is 4.74 Å². The zero-order valence-corrected chi connectivity index (χ0v) is 8.04. The molecule has 60 valence electrons. The number of rotatable bonds is 1. The molecule has 0 aliphatic heterocycles. The Morgan fingerprint density at radius 3 is 2.55 bits per heavy atom. The molecule has 0 aliphatic rings. The highest BCUT2D eigenvalue weighted by molar-refractivity contribution is 7.80. The second-order valence-corrected chi connectivity index (χ2v) is 3.13. The maximum Gasteiger partial charge on any atom is 0.120 e. The van der Waals surface area contributed by atoms with Crippen molar-refractivity contribution in [3.05, 3.63) is 22.7 Å². The molecule has 0 spiro atoms. The topological polar surface area (TPSA) is 9.23 Å². The molecule has 0 fully saturated rings. The Morgan fingerprint density at radius 1 is 1.45 bits per heavy atom. The van der Waals surface area contributed by atoms with Gasteiger partial charge in [-0.25, -0.2) is 0 Å². The summed E-state index contributed by atoms with van der Waals surface area (Å²) in [6, 6.07) is 3.64. The van der Waals surface area contributed by atoms with Gasteiger partial charge in [0, 0.05) is 4.90 Å². The van der Waals surface area contributed by atoms with E-state index in [0.29, 0.717) is 5.02 Å². The molecule has 0 amide bonds. The highest BCUT2D eigenvalue weighted by Crippen LogP contribution is 2.28. The molecule has 0 unspecified atom stereocenters. The van der Waals surface area contributed by atoms with Gasteiger partial charge in [-0.1, -0.05) is 11.6 Å². The minimum Gasteiger partial charge on any atom is -0.497 e. The monoisotopic (exact) mass is 188 g/mol. The molecule has 0 saturated carbocycles. The van der Waals surface area contributed by atoms with Gasteiger partial charge in [-0.15, -0.1) is 12.6 Å². The van der Waals surface area contributed by atoms with Crippen LogP contribution in [0.1, 0.15) is 5.56 Å². The molecular weight excluding hydrogens is 180 g/mol. The van der Waals surface area contributed by atoms with Crippen molar-refractivity contribution in [2.75, 3.05) is 7.11 Å². The summed E-state index contributed by atoms with van der Waals surface area (Å²) in [5, 5.41) is 0.630. The first-order chi connectivity index (χ1) is 5.15. The van der Waals surface area contributed by atoms with Crippen LogP contribution in [0, 0.1) is 6.92 Å². The Hall–Kier alpha value is -0.340. The number of ether oxygens (including phenoxy) is 1. The summed E-state index contributed by atoms with van der Waals surface area (Å²) in [4.78, 5) is 0.812. The Labute approximate surface area is 76.7 Å². The minimum atomic E-state index is 0.630. The molecule has 1 aromatic carbocycles. The third-order valence-electron chi connectivity index (χ3n) is 1.46. The van der Waals surface area contributed by atoms with Crippen molar-refractivity contribution in [1.82, 2.24) is 0 Å². The molecule has 0 heterocycles. The number of hydrogen-bond donors (Lipinski definition) is 1. The van der Waals surface area contributed by atoms with Crippen molar-refractivity contribution in [1.29, 1.82) is 0 Å². The van der Waals surface area contributed by atoms with Gasteiger partial charge < -0.3 is 4.74 Å². The average molecular weight is 189 g/mol. The number of methoxy groups -OCH3 is 1. The fraction of sp³-hybridized carbons (Fsp3) is 0.250. The standard InChI is InChI=1S/C8H9ClOS/c1-5-3-6(10-2)4-7(9)8(5)11/h3-4,11H,1-2H3. The van der Waals surface area contributed by atoms with Crippen molar-refractivity contribution >= 4 is 24.2 Å². The number of halogens is 1. The molecule has 3 heteroatoms. The van der Waals surface area contributed by atoms with E-state index in [4.69, 9.17) is 16.3 Å². The van der Waals surface area contributed by atoms with Gasteiger partial charge in [-0.3, -0.25) is 0 Å². The van der Waals surface area contributed by atoms with Crippen LogP contribution in [-0.2, 0) is 0 Å². The van der Waals surface area contributed by atoms with Crippen LogP contribution in [0.2, 0.25) is 5.02 Å². The van der Waals surface area contributed by atoms with E-state index in [1.807, 2.05) is 13.0 Å². The minimum absolute atomic E-state index is 0.630. The molecule has 0 N–H and O–H groups in total. The van der Waals surface area contributed by atoms with Crippen LogP contribution in [0.4, 0.5) is 0 Å². The zero-order chi connectivity index (χ0) is 8.43. The van der Waals surface area contributed by atoms with Crippen molar-refractivity contribution in [3.63, 3.8) is 0 Å². The summed E-state index contributed by atoms with van der Waals surface area (Å²) in [6.45, 7) is 1.94. The molecule has 0 aromatic heterocycles. The summed E-state index contributed by atoms with van der Waals surface area (Å²) in [7, 11) is 1.61. The Kier molecular flexibility index (Phi) is 2.68. The second kappa shape index (κ2) is 3.37. The van der Waals surface area contributed by atoms with E-state index in [0.717, 1.165) is 16.2 Å². The maximum atomic E-state index is 5.84. The van der Waals surface area contributed by atoms with Gasteiger partial charge in [0.2, 0.25) is 0 Å². The smallest absolute Gasteiger partial charge is 0.120 e. The highest BCUT2D eigenvalue weighted by Gasteiger charge is 2.01. The van der Waals surface area contributed by atoms with Gasteiger partial charge in [0.15, 0.2) is 0 Å². The van der Waals surface area contributed by atoms with Crippen molar-refractivity contribution in [3.8, 4) is 5.75 Å². The van der Waals surface area contributed by atoms with Crippen LogP contribution >= 0.6 is 24.2 Å². The predicted molar refractivity (Wildman–Crippen MR) is 50.0 cm³/mol. The van der Waals surface area contributed by atoms with E-state index in [1.54, 1.807) is 13.2 Å². The van der Waals surface area contributed by atoms with Crippen LogP contribution in [-0.4, -0.2) is 7.11 Å². The fourth-order valence-corrected chi connectivity index (χ4v) is 1.21. The van der Waals surface area contributed by atoms with Gasteiger partial charge in [-0.2, -0.15) is 0 Å². The first-order valence-corrected chi connectivity index (χ1v) is 4.00. The number of hydrogen-bond acceptors (Lipinski definition) is 2. The molecule has 1 rings (SSSR count). The van der Waals surface area contributed by atoms with Gasteiger partial charge in [-0.05, 0) is 24.6 Å². The molecular formula is C8H9ClOS. The SMILES string of the molecule is COc1cc(C)c(S)c(Cl)c1. The van der Waals surface area contributed by atoms with Gasteiger partial charge in [0.25, 0.3) is 0 Å². The third-order valence-corrected chi connectivity index (χ3v) is 2.49. The van der Waals surface area contributed by atoms with Crippen LogP contribution < -0.4 is 4.74 Å². The molecule has 0 aliphatic carbocycles. The van der Waals surface area contributed by atoms with Crippen LogP contribution in [0.3, 0.4) is 0 Å². The molecule has 0 bridgehead atoms. The Bertz CT molecular complexity index is 250. The lowest BCUT2D eigenvalue weighted by Crippen LogP contribution is -1.85. The third kappa shape index (κ3) is 1.82. The number of benzene rings is 1. The summed E-state index contributed by atoms with van der Waals surface area (Å²) < 4.78 is 5.01. The van der Waals surface area contributed by atoms with Crippen LogP contribution in [0.25, 0.3) is 0 Å². The van der Waals surface area contributed by atoms with E-state index >= 15 is 0 Å². The number of aryl methyl sites for hydroxylation is 1. The largest absolute Gasteiger partial charge is 0.497 e. The first kappa shape index (κ1) is 8.75. The van der Waals surface area contributed by atoms with Crippen LogP contribution in [0.15, 0.2) is 17.0 Å². The summed E-state index contributed by atoms with van der Waals surface area (Å²) >= 11 is 10.1. The molecule has 0 radical (unpaired) electrons. The molecule has 1 nitrogen and oxygen atoms in total. The first-order valence-electron chi connectivity index (χ1n) is 3.18. The van der Waals surface area contributed by atoms with Crippen LogP contribution in [0.5, 0.6) is 5.75 Å². The highest BCUT2D eigenvalue weighted by atomic mass is 35.5. The number of thiol groups is 1. The lowest BCUT2D eigenvalue weighted by Gasteiger charge is -2.05. The van der Waals surface area contributed by atoms with Gasteiger partial charge >= 0.3 is 0 Å². The molecule has 11 heavy (non-hydrogen) atoms. The summed E-state index contributed by atoms with van der Waals surface area (Å²) in [5.74, 6) is 0.769. The van der Waals surface area contributed by atoms with E-state index < -0.39 is 0 Å². The predicted octanol–water partition coefficient (Wildman–Crippen LogP) is 2.95. The summed E-state index contributed by atoms with van der Waals surface area (Å²) in [5.41, 5.74) is 1.03. The van der Waals surface area contributed by atoms with Gasteiger partial charge in [0.1, 0.15) is 5.75 Å². The second-order valence-electron chi connectivity index (χ2n) is 2.27. The fourth-order valence-electron chi connectivity index (χ4n) is 0.823. The lowest BCUT2D eigenvalue weighted by molar-refractivity contribution is 0.414. The van der Waals surface area contributed by atoms with E-state index in [2.05, 4.69) is 12.6 Å².